The van der Waals surface area contributed by atoms with Crippen molar-refractivity contribution in [1.29, 1.82) is 0 Å². The summed E-state index contributed by atoms with van der Waals surface area (Å²) in [6, 6.07) is 112. The third-order valence-electron chi connectivity index (χ3n) is 19.4. The fourth-order valence-electron chi connectivity index (χ4n) is 14.9. The molecule has 0 N–H and O–H groups in total. The smallest absolute Gasteiger partial charge is 0.252 e. The number of anilines is 6. The van der Waals surface area contributed by atoms with Crippen LogP contribution in [0.1, 0.15) is 52.7 Å². The van der Waals surface area contributed by atoms with E-state index in [-0.39, 0.29) is 17.5 Å². The third kappa shape index (κ3) is 8.89. The van der Waals surface area contributed by atoms with Crippen molar-refractivity contribution in [3.8, 4) is 55.9 Å². The van der Waals surface area contributed by atoms with E-state index in [1.54, 1.807) is 0 Å². The zero-order valence-corrected chi connectivity index (χ0v) is 52.2. The fourth-order valence-corrected chi connectivity index (χ4v) is 14.9. The van der Waals surface area contributed by atoms with E-state index >= 15 is 0 Å². The predicted molar refractivity (Wildman–Crippen MR) is 388 cm³/mol. The Labute approximate surface area is 533 Å². The lowest BCUT2D eigenvalue weighted by molar-refractivity contribution is 0.590. The largest absolute Gasteiger partial charge is 0.311 e. The molecule has 13 aromatic carbocycles. The highest BCUT2D eigenvalue weighted by Gasteiger charge is 2.45. The minimum Gasteiger partial charge on any atom is -0.311 e. The van der Waals surface area contributed by atoms with Gasteiger partial charge < -0.3 is 18.9 Å². The van der Waals surface area contributed by atoms with Crippen molar-refractivity contribution in [2.24, 2.45) is 0 Å². The maximum Gasteiger partial charge on any atom is 0.252 e. The molecule has 0 saturated heterocycles. The molecule has 17 rings (SSSR count). The van der Waals surface area contributed by atoms with Crippen LogP contribution in [0, 0.1) is 0 Å². The van der Waals surface area contributed by atoms with E-state index in [4.69, 9.17) is 0 Å². The summed E-state index contributed by atoms with van der Waals surface area (Å²) in [5.74, 6) is 0. The maximum atomic E-state index is 2.66. The first-order chi connectivity index (χ1) is 44.4. The van der Waals surface area contributed by atoms with Gasteiger partial charge in [-0.1, -0.05) is 242 Å². The van der Waals surface area contributed by atoms with Gasteiger partial charge in [0.25, 0.3) is 6.71 Å². The second kappa shape index (κ2) is 20.9. The van der Waals surface area contributed by atoms with Crippen LogP contribution < -0.4 is 26.2 Å². The van der Waals surface area contributed by atoms with Gasteiger partial charge in [0.2, 0.25) is 0 Å². The summed E-state index contributed by atoms with van der Waals surface area (Å²) >= 11 is 0. The van der Waals surface area contributed by atoms with E-state index in [1.165, 1.54) is 122 Å². The van der Waals surface area contributed by atoms with Crippen LogP contribution in [0.5, 0.6) is 0 Å². The Morgan fingerprint density at radius 2 is 0.692 bits per heavy atom. The summed E-state index contributed by atoms with van der Waals surface area (Å²) in [7, 11) is 0. The average Bonchev–Trinajstić information content (AvgIpc) is 1.21. The van der Waals surface area contributed by atoms with Gasteiger partial charge in [0.15, 0.2) is 0 Å². The third-order valence-corrected chi connectivity index (χ3v) is 19.4. The molecule has 0 spiro atoms. The molecule has 5 heteroatoms. The van der Waals surface area contributed by atoms with Crippen LogP contribution in [-0.2, 0) is 10.8 Å². The highest BCUT2D eigenvalue weighted by Crippen LogP contribution is 2.51. The van der Waals surface area contributed by atoms with Gasteiger partial charge in [-0.2, -0.15) is 0 Å². The van der Waals surface area contributed by atoms with Crippen molar-refractivity contribution in [1.82, 2.24) is 9.13 Å². The number of para-hydroxylation sites is 3. The van der Waals surface area contributed by atoms with Crippen LogP contribution >= 0.6 is 0 Å². The molecule has 0 fully saturated rings. The molecule has 434 valence electrons. The normalized spacial score (nSPS) is 12.9. The number of hydrogen-bond acceptors (Lipinski definition) is 2. The summed E-state index contributed by atoms with van der Waals surface area (Å²) in [6.45, 7) is 14.0. The molecule has 2 aromatic heterocycles. The summed E-state index contributed by atoms with van der Waals surface area (Å²) in [5, 5.41) is 4.93. The van der Waals surface area contributed by atoms with Crippen LogP contribution in [0.25, 0.3) is 99.5 Å². The number of hydrogen-bond donors (Lipinski definition) is 0. The van der Waals surface area contributed by atoms with Crippen molar-refractivity contribution < 1.29 is 0 Å². The molecule has 0 atom stereocenters. The SMILES string of the molecule is CC(C)(C)c1ccc(N2c3cc(-n4c5ccccc5c5cc(-n6c7ccccc7c7ccccc76)ccc54)ccc3B3c4ccc(-c5ccccc5)cc4N(c4cc(-c5ccccc5)cc(-c5ccccc5)c4)c4cc(C(C)(C)C)cc2c43)c(-c2ccccc2)c1. The lowest BCUT2D eigenvalue weighted by Crippen LogP contribution is -2.61. The highest BCUT2D eigenvalue weighted by molar-refractivity contribution is 7.00. The molecule has 0 bridgehead atoms. The second-order valence-corrected chi connectivity index (χ2v) is 26.9. The van der Waals surface area contributed by atoms with Crippen molar-refractivity contribution >= 4 is 101 Å². The minimum atomic E-state index is -0.243. The Kier molecular flexibility index (Phi) is 12.5. The molecule has 2 aliphatic heterocycles. The first-order valence-electron chi connectivity index (χ1n) is 32.0. The molecule has 0 amide bonds. The van der Waals surface area contributed by atoms with Crippen molar-refractivity contribution in [3.05, 3.63) is 308 Å². The van der Waals surface area contributed by atoms with Crippen molar-refractivity contribution in [3.63, 3.8) is 0 Å². The number of nitrogens with zero attached hydrogens (tertiary/aromatic N) is 4. The topological polar surface area (TPSA) is 16.3 Å². The van der Waals surface area contributed by atoms with Crippen LogP contribution in [0.4, 0.5) is 34.1 Å². The highest BCUT2D eigenvalue weighted by atomic mass is 15.2. The zero-order valence-electron chi connectivity index (χ0n) is 52.2. The number of benzene rings is 13. The monoisotopic (exact) mass is 1170 g/mol. The molecule has 0 unspecified atom stereocenters. The van der Waals surface area contributed by atoms with Crippen LogP contribution in [-0.4, -0.2) is 15.8 Å². The van der Waals surface area contributed by atoms with E-state index in [9.17, 15) is 0 Å². The summed E-state index contributed by atoms with van der Waals surface area (Å²) in [6.07, 6.45) is 0. The summed E-state index contributed by atoms with van der Waals surface area (Å²) < 4.78 is 4.95. The van der Waals surface area contributed by atoms with Gasteiger partial charge in [-0.05, 0) is 174 Å². The summed E-state index contributed by atoms with van der Waals surface area (Å²) in [5.41, 5.74) is 29.3. The first-order valence-corrected chi connectivity index (χ1v) is 32.0. The van der Waals surface area contributed by atoms with Crippen LogP contribution in [0.3, 0.4) is 0 Å². The molecule has 0 saturated carbocycles. The predicted octanol–water partition coefficient (Wildman–Crippen LogP) is 21.2. The van der Waals surface area contributed by atoms with Crippen molar-refractivity contribution in [2.75, 3.05) is 9.80 Å². The van der Waals surface area contributed by atoms with Gasteiger partial charge >= 0.3 is 0 Å². The zero-order chi connectivity index (χ0) is 61.3. The lowest BCUT2D eigenvalue weighted by atomic mass is 9.33. The Hall–Kier alpha value is -10.9. The Balaban J connectivity index is 0.965. The molecule has 0 aliphatic carbocycles. The molecule has 4 heterocycles. The molecule has 4 nitrogen and oxygen atoms in total. The van der Waals surface area contributed by atoms with Crippen molar-refractivity contribution in [2.45, 2.75) is 52.4 Å². The summed E-state index contributed by atoms with van der Waals surface area (Å²) in [4.78, 5) is 5.28. The second-order valence-electron chi connectivity index (χ2n) is 26.9. The fraction of sp³-hybridized carbons (Fsp3) is 0.0930. The molecule has 15 aromatic rings. The van der Waals surface area contributed by atoms with Gasteiger partial charge in [0, 0.05) is 66.9 Å². The number of fused-ring (bicyclic) bond motifs is 10. The Bertz CT molecular complexity index is 5270. The first kappa shape index (κ1) is 54.3. The minimum absolute atomic E-state index is 0.0981. The quantitative estimate of drug-likeness (QED) is 0.141. The van der Waals surface area contributed by atoms with E-state index in [0.717, 1.165) is 39.5 Å². The van der Waals surface area contributed by atoms with Gasteiger partial charge in [-0.15, -0.1) is 0 Å². The number of rotatable bonds is 8. The molecule has 2 aliphatic rings. The van der Waals surface area contributed by atoms with E-state index in [2.05, 4.69) is 358 Å². The standard InChI is InChI=1S/C86H67BN4/c1-85(2,3)63-40-45-78(71(51-63)59-31-17-10-18-32-59)91-81-55-66(89-77-38-24-21-35-70(77)72-54-65(42-46-79(72)89)88-75-36-22-19-33-68(75)69-34-20-23-37-76(69)88)41-44-74(81)87-73-43-39-60(56-25-11-7-12-26-56)50-80(73)90(82-52-64(86(4,5)6)53-83(91)84(82)87)67-48-61(57-27-13-8-14-28-57)47-62(49-67)58-29-15-9-16-30-58/h7-55H,1-6H3. The maximum absolute atomic E-state index is 2.66. The van der Waals surface area contributed by atoms with Crippen LogP contribution in [0.15, 0.2) is 297 Å². The van der Waals surface area contributed by atoms with Gasteiger partial charge in [-0.3, -0.25) is 0 Å². The molecular weight excluding hydrogens is 1100 g/mol. The molecule has 0 radical (unpaired) electrons. The van der Waals surface area contributed by atoms with Crippen LogP contribution in [0.2, 0.25) is 0 Å². The van der Waals surface area contributed by atoms with E-state index < -0.39 is 0 Å². The number of aromatic nitrogens is 2. The lowest BCUT2D eigenvalue weighted by Gasteiger charge is -2.46. The molecular formula is C86H67BN4. The Morgan fingerprint density at radius 3 is 1.24 bits per heavy atom. The Morgan fingerprint density at radius 1 is 0.253 bits per heavy atom. The van der Waals surface area contributed by atoms with Gasteiger partial charge in [0.1, 0.15) is 0 Å². The van der Waals surface area contributed by atoms with Gasteiger partial charge in [0.05, 0.1) is 27.8 Å². The van der Waals surface area contributed by atoms with Gasteiger partial charge in [-0.25, -0.2) is 0 Å². The average molecular weight is 1170 g/mol. The molecule has 91 heavy (non-hydrogen) atoms. The van der Waals surface area contributed by atoms with E-state index in [0.29, 0.717) is 0 Å². The van der Waals surface area contributed by atoms with E-state index in [1.807, 2.05) is 0 Å².